The Balaban J connectivity index is 1.88. The van der Waals surface area contributed by atoms with E-state index in [1.807, 2.05) is 13.8 Å². The second-order valence-corrected chi connectivity index (χ2v) is 10.2. The maximum atomic E-state index is 14.0. The lowest BCUT2D eigenvalue weighted by Gasteiger charge is -2.31. The highest BCUT2D eigenvalue weighted by molar-refractivity contribution is 5.99. The van der Waals surface area contributed by atoms with E-state index in [1.165, 1.54) is 19.2 Å². The number of amides is 3. The first-order valence-electron chi connectivity index (χ1n) is 12.7. The Kier molecular flexibility index (Phi) is 9.78. The largest absolute Gasteiger partial charge is 0.491 e. The Hall–Kier alpha value is -3.54. The predicted octanol–water partition coefficient (Wildman–Crippen LogP) is 1.57. The van der Waals surface area contributed by atoms with Gasteiger partial charge in [-0.05, 0) is 44.4 Å². The molecule has 1 aliphatic rings. The normalized spacial score (nSPS) is 18.1. The number of fused-ring (bicyclic) bond motifs is 3. The summed E-state index contributed by atoms with van der Waals surface area (Å²) in [7, 11) is 1.47. The van der Waals surface area contributed by atoms with Crippen LogP contribution in [0.4, 0.5) is 4.39 Å². The topological polar surface area (TPSA) is 128 Å². The number of hydrogen-bond donors (Lipinski definition) is 2. The molecule has 2 aromatic rings. The molecule has 12 heteroatoms. The van der Waals surface area contributed by atoms with E-state index in [1.54, 1.807) is 29.6 Å². The van der Waals surface area contributed by atoms with Gasteiger partial charge in [0.05, 0.1) is 17.8 Å². The third-order valence-corrected chi connectivity index (χ3v) is 6.31. The van der Waals surface area contributed by atoms with Gasteiger partial charge in [-0.3, -0.25) is 14.4 Å². The van der Waals surface area contributed by atoms with Crippen molar-refractivity contribution in [1.29, 1.82) is 0 Å². The smallest absolute Gasteiger partial charge is 0.255 e. The summed E-state index contributed by atoms with van der Waals surface area (Å²) in [4.78, 5) is 41.0. The van der Waals surface area contributed by atoms with Gasteiger partial charge in [0, 0.05) is 39.4 Å². The van der Waals surface area contributed by atoms with Crippen LogP contribution in [-0.4, -0.2) is 82.6 Å². The number of hydrogen-bond acceptors (Lipinski definition) is 7. The first kappa shape index (κ1) is 29.0. The summed E-state index contributed by atoms with van der Waals surface area (Å²) < 4.78 is 26.8. The number of benzene rings is 1. The molecule has 3 amide bonds. The summed E-state index contributed by atoms with van der Waals surface area (Å²) in [5, 5.41) is 13.8. The van der Waals surface area contributed by atoms with Crippen LogP contribution in [0, 0.1) is 11.7 Å². The van der Waals surface area contributed by atoms with Gasteiger partial charge >= 0.3 is 0 Å². The van der Waals surface area contributed by atoms with Gasteiger partial charge < -0.3 is 25.0 Å². The molecule has 0 saturated heterocycles. The van der Waals surface area contributed by atoms with Crippen LogP contribution in [-0.2, 0) is 27.3 Å². The molecule has 11 nitrogen and oxygen atoms in total. The standard InChI is InChI=1S/C26H37FN6O5/c1-17(2)14-21-24(35)28-9-11-32(25(36)26(3,4)37-5)10-8-19-16-33(31-30-19)12-13-38-22-7-6-18(27)15-20(22)23(34)29-21/h6-7,15-17,21H,8-14H2,1-5H3,(H,28,35)(H,29,34)/t21-/m1/s1. The first-order valence-corrected chi connectivity index (χ1v) is 12.7. The highest BCUT2D eigenvalue weighted by atomic mass is 19.1. The third-order valence-electron chi connectivity index (χ3n) is 6.31. The quantitative estimate of drug-likeness (QED) is 0.612. The van der Waals surface area contributed by atoms with Gasteiger partial charge in [-0.1, -0.05) is 19.1 Å². The fourth-order valence-electron chi connectivity index (χ4n) is 4.03. The van der Waals surface area contributed by atoms with Crippen LogP contribution >= 0.6 is 0 Å². The van der Waals surface area contributed by atoms with Crippen LogP contribution in [0.2, 0.25) is 0 Å². The molecule has 1 aromatic carbocycles. The Morgan fingerprint density at radius 2 is 2.03 bits per heavy atom. The van der Waals surface area contributed by atoms with E-state index in [-0.39, 0.29) is 42.8 Å². The zero-order valence-corrected chi connectivity index (χ0v) is 22.6. The number of nitrogens with zero attached hydrogens (tertiary/aromatic N) is 4. The van der Waals surface area contributed by atoms with Gasteiger partial charge in [0.1, 0.15) is 29.8 Å². The van der Waals surface area contributed by atoms with Gasteiger partial charge in [-0.15, -0.1) is 5.10 Å². The Morgan fingerprint density at radius 3 is 2.74 bits per heavy atom. The lowest BCUT2D eigenvalue weighted by Crippen LogP contribution is -2.52. The van der Waals surface area contributed by atoms with Crippen molar-refractivity contribution in [2.45, 2.75) is 58.7 Å². The zero-order valence-electron chi connectivity index (χ0n) is 22.6. The fraction of sp³-hybridized carbons (Fsp3) is 0.577. The number of halogens is 1. The van der Waals surface area contributed by atoms with Crippen molar-refractivity contribution in [2.75, 3.05) is 33.4 Å². The molecule has 3 rings (SSSR count). The second kappa shape index (κ2) is 12.8. The van der Waals surface area contributed by atoms with Crippen LogP contribution in [0.5, 0.6) is 5.75 Å². The lowest BCUT2D eigenvalue weighted by atomic mass is 10.0. The molecule has 1 atom stereocenters. The van der Waals surface area contributed by atoms with Crippen molar-refractivity contribution in [2.24, 2.45) is 5.92 Å². The van der Waals surface area contributed by atoms with Crippen LogP contribution < -0.4 is 15.4 Å². The molecule has 1 aliphatic heterocycles. The molecular weight excluding hydrogens is 495 g/mol. The van der Waals surface area contributed by atoms with Crippen LogP contribution in [0.1, 0.15) is 50.2 Å². The van der Waals surface area contributed by atoms with E-state index >= 15 is 0 Å². The maximum Gasteiger partial charge on any atom is 0.255 e. The molecule has 0 fully saturated rings. The number of nitrogens with one attached hydrogen (secondary N) is 2. The number of methoxy groups -OCH3 is 1. The average Bonchev–Trinajstić information content (AvgIpc) is 3.32. The summed E-state index contributed by atoms with van der Waals surface area (Å²) in [6.45, 7) is 8.47. The molecule has 2 bridgehead atoms. The highest BCUT2D eigenvalue weighted by Crippen LogP contribution is 2.21. The summed E-state index contributed by atoms with van der Waals surface area (Å²) in [5.74, 6) is -1.55. The molecule has 2 N–H and O–H groups in total. The van der Waals surface area contributed by atoms with Gasteiger partial charge in [-0.25, -0.2) is 9.07 Å². The molecule has 208 valence electrons. The monoisotopic (exact) mass is 532 g/mol. The molecule has 0 radical (unpaired) electrons. The molecule has 0 saturated carbocycles. The fourth-order valence-corrected chi connectivity index (χ4v) is 4.03. The number of carbonyl (C=O) groups is 3. The molecule has 0 spiro atoms. The zero-order chi connectivity index (χ0) is 27.9. The van der Waals surface area contributed by atoms with Crippen molar-refractivity contribution in [3.05, 3.63) is 41.5 Å². The predicted molar refractivity (Wildman–Crippen MR) is 137 cm³/mol. The Labute approximate surface area is 222 Å². The minimum Gasteiger partial charge on any atom is -0.491 e. The molecule has 0 aliphatic carbocycles. The maximum absolute atomic E-state index is 14.0. The minimum atomic E-state index is -1.05. The SMILES string of the molecule is COC(C)(C)C(=O)N1CCNC(=O)[C@@H](CC(C)C)NC(=O)c2cc(F)ccc2OCCn2cc(nn2)CC1. The van der Waals surface area contributed by atoms with E-state index in [4.69, 9.17) is 9.47 Å². The summed E-state index contributed by atoms with van der Waals surface area (Å²) in [6, 6.07) is 2.82. The van der Waals surface area contributed by atoms with E-state index in [0.29, 0.717) is 31.6 Å². The Morgan fingerprint density at radius 1 is 1.26 bits per heavy atom. The van der Waals surface area contributed by atoms with Crippen molar-refractivity contribution in [1.82, 2.24) is 30.5 Å². The highest BCUT2D eigenvalue weighted by Gasteiger charge is 2.32. The van der Waals surface area contributed by atoms with E-state index in [0.717, 1.165) is 6.07 Å². The molecule has 2 heterocycles. The van der Waals surface area contributed by atoms with Crippen LogP contribution in [0.3, 0.4) is 0 Å². The number of carbonyl (C=O) groups excluding carboxylic acids is 3. The third kappa shape index (κ3) is 7.73. The first-order chi connectivity index (χ1) is 18.0. The van der Waals surface area contributed by atoms with E-state index in [9.17, 15) is 18.8 Å². The van der Waals surface area contributed by atoms with Gasteiger partial charge in [0.25, 0.3) is 11.8 Å². The number of rotatable bonds is 4. The van der Waals surface area contributed by atoms with Crippen LogP contribution in [0.25, 0.3) is 0 Å². The molecule has 0 unspecified atom stereocenters. The van der Waals surface area contributed by atoms with Crippen molar-refractivity contribution >= 4 is 17.7 Å². The molecular formula is C26H37FN6O5. The van der Waals surface area contributed by atoms with E-state index < -0.39 is 29.3 Å². The van der Waals surface area contributed by atoms with Crippen molar-refractivity contribution in [3.8, 4) is 5.75 Å². The van der Waals surface area contributed by atoms with Gasteiger partial charge in [0.15, 0.2) is 0 Å². The summed E-state index contributed by atoms with van der Waals surface area (Å²) in [5.41, 5.74) is -0.375. The summed E-state index contributed by atoms with van der Waals surface area (Å²) >= 11 is 0. The number of aromatic nitrogens is 3. The van der Waals surface area contributed by atoms with Gasteiger partial charge in [0.2, 0.25) is 5.91 Å². The minimum absolute atomic E-state index is 0.00878. The Bertz CT molecular complexity index is 1140. The second-order valence-electron chi connectivity index (χ2n) is 10.2. The van der Waals surface area contributed by atoms with Crippen LogP contribution in [0.15, 0.2) is 24.4 Å². The summed E-state index contributed by atoms with van der Waals surface area (Å²) in [6.07, 6.45) is 2.58. The van der Waals surface area contributed by atoms with Crippen molar-refractivity contribution < 1.29 is 28.2 Å². The molecule has 1 aromatic heterocycles. The lowest BCUT2D eigenvalue weighted by molar-refractivity contribution is -0.151. The van der Waals surface area contributed by atoms with E-state index in [2.05, 4.69) is 20.9 Å². The van der Waals surface area contributed by atoms with Crippen molar-refractivity contribution in [3.63, 3.8) is 0 Å². The molecule has 38 heavy (non-hydrogen) atoms. The number of ether oxygens (including phenoxy) is 2. The average molecular weight is 533 g/mol. The van der Waals surface area contributed by atoms with Gasteiger partial charge in [-0.2, -0.15) is 0 Å².